The molecule has 8 bridgehead atoms. The Morgan fingerprint density at radius 2 is 0.979 bits per heavy atom. The lowest BCUT2D eigenvalue weighted by Crippen LogP contribution is -2.30. The van der Waals surface area contributed by atoms with E-state index in [1.807, 2.05) is 0 Å². The molecule has 4 aromatic carbocycles. The molecule has 2 aromatic heterocycles. The van der Waals surface area contributed by atoms with Gasteiger partial charge in [-0.1, -0.05) is 127 Å². The first-order valence-corrected chi connectivity index (χ1v) is 16.4. The summed E-state index contributed by atoms with van der Waals surface area (Å²) in [5.41, 5.74) is 13.9. The largest absolute Gasteiger partial charge is 0.374 e. The van der Waals surface area contributed by atoms with Gasteiger partial charge in [0, 0.05) is 50.1 Å². The standard InChI is InChI=1S/C44H32N4/c1-5-13-29(14-6-1)41-33-21-23-35(45-33)42(30-15-7-2-8-16-30)37-25-27-39(47-37)44(32-19-11-4-12-20-32)40-28-26-38(48-40)43(31-17-9-3-10-18-31)36-24-22-34(41)46-36/h1-28,33,45-47H/b41-34-,42-35?,43-36-,44-40-. The maximum absolute atomic E-state index is 5.36. The van der Waals surface area contributed by atoms with Gasteiger partial charge >= 0.3 is 0 Å². The van der Waals surface area contributed by atoms with Crippen LogP contribution in [-0.2, 0) is 0 Å². The summed E-state index contributed by atoms with van der Waals surface area (Å²) in [5.74, 6) is 0. The summed E-state index contributed by atoms with van der Waals surface area (Å²) in [4.78, 5) is 13.0. The van der Waals surface area contributed by atoms with Gasteiger partial charge in [-0.05, 0) is 64.7 Å². The molecule has 0 saturated heterocycles. The lowest BCUT2D eigenvalue weighted by atomic mass is 9.98. The molecule has 0 amide bonds. The van der Waals surface area contributed by atoms with Gasteiger partial charge in [-0.15, -0.1) is 0 Å². The summed E-state index contributed by atoms with van der Waals surface area (Å²) in [6, 6.07) is 51.1. The van der Waals surface area contributed by atoms with Gasteiger partial charge < -0.3 is 15.3 Å². The first-order valence-electron chi connectivity index (χ1n) is 16.4. The third kappa shape index (κ3) is 4.91. The third-order valence-corrected chi connectivity index (χ3v) is 9.24. The van der Waals surface area contributed by atoms with E-state index in [0.29, 0.717) is 0 Å². The Morgan fingerprint density at radius 3 is 1.62 bits per heavy atom. The van der Waals surface area contributed by atoms with Crippen LogP contribution in [-0.4, -0.2) is 21.7 Å². The molecule has 1 atom stereocenters. The van der Waals surface area contributed by atoms with Gasteiger partial charge in [0.05, 0.1) is 17.5 Å². The van der Waals surface area contributed by atoms with Crippen LogP contribution in [0.1, 0.15) is 33.6 Å². The van der Waals surface area contributed by atoms with E-state index in [2.05, 4.69) is 185 Å². The molecule has 4 heteroatoms. The minimum atomic E-state index is -0.0507. The SMILES string of the molecule is C1=C/C2=C(\c3ccccc3)c3ccc([nH]3)C(c3ccccc3)=C3C=CC(N3)/C(c3ccccc3)=c3/cc/c([nH]3)=C(\c3ccccc3)C1=N2. The molecule has 0 aliphatic carbocycles. The first-order chi connectivity index (χ1) is 23.8. The molecule has 6 aromatic rings. The molecule has 4 nitrogen and oxygen atoms in total. The maximum Gasteiger partial charge on any atom is 0.0737 e. The molecule has 3 N–H and O–H groups in total. The molecular formula is C44H32N4. The van der Waals surface area contributed by atoms with Crippen LogP contribution in [0.3, 0.4) is 0 Å². The van der Waals surface area contributed by atoms with Crippen molar-refractivity contribution in [2.45, 2.75) is 6.04 Å². The van der Waals surface area contributed by atoms with Crippen molar-refractivity contribution >= 4 is 28.0 Å². The van der Waals surface area contributed by atoms with Crippen LogP contribution in [0.25, 0.3) is 22.3 Å². The van der Waals surface area contributed by atoms with E-state index >= 15 is 0 Å². The van der Waals surface area contributed by atoms with Gasteiger partial charge in [0.15, 0.2) is 0 Å². The molecule has 48 heavy (non-hydrogen) atoms. The Morgan fingerprint density at radius 1 is 0.438 bits per heavy atom. The Kier molecular flexibility index (Phi) is 6.83. The van der Waals surface area contributed by atoms with Crippen molar-refractivity contribution in [2.24, 2.45) is 4.99 Å². The van der Waals surface area contributed by atoms with Crippen molar-refractivity contribution in [1.82, 2.24) is 15.3 Å². The number of hydrogen-bond acceptors (Lipinski definition) is 2. The highest BCUT2D eigenvalue weighted by molar-refractivity contribution is 6.30. The molecule has 3 aliphatic rings. The van der Waals surface area contributed by atoms with E-state index in [9.17, 15) is 0 Å². The number of benzene rings is 4. The minimum Gasteiger partial charge on any atom is -0.374 e. The van der Waals surface area contributed by atoms with Crippen molar-refractivity contribution in [3.8, 4) is 0 Å². The molecule has 3 aliphatic heterocycles. The van der Waals surface area contributed by atoms with E-state index in [0.717, 1.165) is 78.2 Å². The van der Waals surface area contributed by atoms with Crippen LogP contribution < -0.4 is 16.0 Å². The number of H-pyrrole nitrogens is 2. The van der Waals surface area contributed by atoms with Crippen molar-refractivity contribution in [1.29, 1.82) is 0 Å². The lowest BCUT2D eigenvalue weighted by molar-refractivity contribution is 0.855. The van der Waals surface area contributed by atoms with Crippen molar-refractivity contribution in [3.05, 3.63) is 226 Å². The monoisotopic (exact) mass is 616 g/mol. The number of aromatic nitrogens is 2. The van der Waals surface area contributed by atoms with Gasteiger partial charge in [0.2, 0.25) is 0 Å². The average Bonchev–Trinajstić information content (AvgIpc) is 3.98. The van der Waals surface area contributed by atoms with Crippen LogP contribution in [0, 0.1) is 0 Å². The highest BCUT2D eigenvalue weighted by Crippen LogP contribution is 2.35. The van der Waals surface area contributed by atoms with Crippen molar-refractivity contribution in [2.75, 3.05) is 0 Å². The van der Waals surface area contributed by atoms with Gasteiger partial charge in [-0.2, -0.15) is 0 Å². The fourth-order valence-corrected chi connectivity index (χ4v) is 7.08. The van der Waals surface area contributed by atoms with Crippen LogP contribution in [0.15, 0.2) is 186 Å². The van der Waals surface area contributed by atoms with E-state index in [4.69, 9.17) is 4.99 Å². The molecule has 0 saturated carbocycles. The number of rotatable bonds is 4. The van der Waals surface area contributed by atoms with Crippen molar-refractivity contribution in [3.63, 3.8) is 0 Å². The Labute approximate surface area is 279 Å². The predicted molar refractivity (Wildman–Crippen MR) is 196 cm³/mol. The summed E-state index contributed by atoms with van der Waals surface area (Å²) < 4.78 is 0. The molecule has 0 fully saturated rings. The summed E-state index contributed by atoms with van der Waals surface area (Å²) in [7, 11) is 0. The zero-order valence-corrected chi connectivity index (χ0v) is 26.2. The second-order valence-electron chi connectivity index (χ2n) is 12.2. The molecule has 9 rings (SSSR count). The maximum atomic E-state index is 5.36. The molecular weight excluding hydrogens is 585 g/mol. The third-order valence-electron chi connectivity index (χ3n) is 9.24. The van der Waals surface area contributed by atoms with Gasteiger partial charge in [-0.25, -0.2) is 4.99 Å². The molecule has 5 heterocycles. The Hall–Kier alpha value is -6.39. The number of nitrogens with one attached hydrogen (secondary N) is 3. The van der Waals surface area contributed by atoms with E-state index in [1.165, 1.54) is 5.57 Å². The van der Waals surface area contributed by atoms with E-state index in [1.54, 1.807) is 0 Å². The fourth-order valence-electron chi connectivity index (χ4n) is 7.08. The topological polar surface area (TPSA) is 56.0 Å². The van der Waals surface area contributed by atoms with Crippen molar-refractivity contribution < 1.29 is 0 Å². The number of hydrogen-bond donors (Lipinski definition) is 3. The highest BCUT2D eigenvalue weighted by atomic mass is 15.0. The normalized spacial score (nSPS) is 20.6. The first kappa shape index (κ1) is 27.9. The highest BCUT2D eigenvalue weighted by Gasteiger charge is 2.25. The second-order valence-corrected chi connectivity index (χ2v) is 12.2. The minimum absolute atomic E-state index is 0.0507. The number of fused-ring (bicyclic) bond motifs is 7. The van der Waals surface area contributed by atoms with Crippen LogP contribution in [0.5, 0.6) is 0 Å². The van der Waals surface area contributed by atoms with E-state index in [-0.39, 0.29) is 6.04 Å². The number of allylic oxidation sites excluding steroid dienone is 3. The molecule has 228 valence electrons. The smallest absolute Gasteiger partial charge is 0.0737 e. The lowest BCUT2D eigenvalue weighted by Gasteiger charge is -2.18. The van der Waals surface area contributed by atoms with Gasteiger partial charge in [-0.3, -0.25) is 0 Å². The predicted octanol–water partition coefficient (Wildman–Crippen LogP) is 7.51. The van der Waals surface area contributed by atoms with Crippen LogP contribution in [0.2, 0.25) is 0 Å². The zero-order valence-electron chi connectivity index (χ0n) is 26.2. The molecule has 0 spiro atoms. The summed E-state index contributed by atoms with van der Waals surface area (Å²) in [5, 5.41) is 6.00. The number of aliphatic imine (C=N–C) groups is 1. The number of nitrogens with zero attached hydrogens (tertiary/aromatic N) is 1. The summed E-state index contributed by atoms with van der Waals surface area (Å²) in [6.07, 6.45) is 8.80. The Bertz CT molecular complexity index is 2440. The number of aromatic amines is 2. The second kappa shape index (κ2) is 11.8. The van der Waals surface area contributed by atoms with E-state index < -0.39 is 0 Å². The zero-order chi connectivity index (χ0) is 31.9. The average molecular weight is 617 g/mol. The summed E-state index contributed by atoms with van der Waals surface area (Å²) in [6.45, 7) is 0. The van der Waals surface area contributed by atoms with Gasteiger partial charge in [0.1, 0.15) is 0 Å². The summed E-state index contributed by atoms with van der Waals surface area (Å²) >= 11 is 0. The fraction of sp³-hybridized carbons (Fsp3) is 0.0227. The molecule has 0 radical (unpaired) electrons. The molecule has 1 unspecified atom stereocenters. The van der Waals surface area contributed by atoms with Gasteiger partial charge in [0.25, 0.3) is 0 Å². The van der Waals surface area contributed by atoms with Crippen LogP contribution >= 0.6 is 0 Å². The quantitative estimate of drug-likeness (QED) is 0.189. The van der Waals surface area contributed by atoms with Crippen LogP contribution in [0.4, 0.5) is 0 Å². The Balaban J connectivity index is 1.39.